The zero-order valence-corrected chi connectivity index (χ0v) is 16.5. The van der Waals surface area contributed by atoms with Crippen LogP contribution in [0.2, 0.25) is 0 Å². The van der Waals surface area contributed by atoms with Gasteiger partial charge in [0.2, 0.25) is 15.9 Å². The van der Waals surface area contributed by atoms with Crippen molar-refractivity contribution < 1.29 is 17.6 Å². The van der Waals surface area contributed by atoms with Gasteiger partial charge in [0.15, 0.2) is 0 Å². The number of fused-ring (bicyclic) bond motifs is 1. The molecule has 0 unspecified atom stereocenters. The number of sulfonamides is 1. The SMILES string of the molecule is O=C(Nc1ccc(F)cc1)[C@@H]1CCCN(S(=O)(=O)c2ccc3ccccc3c2)C1. The lowest BCUT2D eigenvalue weighted by Crippen LogP contribution is -2.43. The lowest BCUT2D eigenvalue weighted by atomic mass is 9.99. The molecule has 7 heteroatoms. The van der Waals surface area contributed by atoms with E-state index < -0.39 is 15.9 Å². The lowest BCUT2D eigenvalue weighted by molar-refractivity contribution is -0.120. The molecule has 0 aliphatic carbocycles. The summed E-state index contributed by atoms with van der Waals surface area (Å²) in [6, 6.07) is 18.2. The van der Waals surface area contributed by atoms with Crippen LogP contribution in [-0.4, -0.2) is 31.7 Å². The first-order chi connectivity index (χ1) is 13.9. The molecule has 3 aromatic rings. The molecule has 150 valence electrons. The Morgan fingerprint density at radius 2 is 1.72 bits per heavy atom. The Balaban J connectivity index is 1.51. The molecule has 1 atom stereocenters. The maximum absolute atomic E-state index is 13.1. The van der Waals surface area contributed by atoms with Gasteiger partial charge in [-0.25, -0.2) is 12.8 Å². The maximum atomic E-state index is 13.1. The highest BCUT2D eigenvalue weighted by molar-refractivity contribution is 7.89. The number of nitrogens with zero attached hydrogens (tertiary/aromatic N) is 1. The third-order valence-corrected chi connectivity index (χ3v) is 7.09. The number of carbonyl (C=O) groups excluding carboxylic acids is 1. The first-order valence-corrected chi connectivity index (χ1v) is 10.9. The van der Waals surface area contributed by atoms with Gasteiger partial charge in [0.05, 0.1) is 10.8 Å². The molecule has 5 nitrogen and oxygen atoms in total. The number of amides is 1. The van der Waals surface area contributed by atoms with Crippen molar-refractivity contribution in [1.29, 1.82) is 0 Å². The van der Waals surface area contributed by atoms with Crippen molar-refractivity contribution in [3.8, 4) is 0 Å². The summed E-state index contributed by atoms with van der Waals surface area (Å²) in [5.41, 5.74) is 0.492. The second kappa shape index (κ2) is 7.93. The van der Waals surface area contributed by atoms with Crippen molar-refractivity contribution in [1.82, 2.24) is 4.31 Å². The zero-order valence-electron chi connectivity index (χ0n) is 15.7. The lowest BCUT2D eigenvalue weighted by Gasteiger charge is -2.31. The zero-order chi connectivity index (χ0) is 20.4. The van der Waals surface area contributed by atoms with Crippen molar-refractivity contribution in [3.05, 3.63) is 72.5 Å². The van der Waals surface area contributed by atoms with E-state index in [0.29, 0.717) is 25.1 Å². The number of halogens is 1. The molecule has 0 spiro atoms. The fraction of sp³-hybridized carbons (Fsp3) is 0.227. The predicted octanol–water partition coefficient (Wildman–Crippen LogP) is 4.02. The fourth-order valence-electron chi connectivity index (χ4n) is 3.63. The number of benzene rings is 3. The minimum absolute atomic E-state index is 0.127. The first kappa shape index (κ1) is 19.5. The summed E-state index contributed by atoms with van der Waals surface area (Å²) in [6.07, 6.45) is 1.21. The smallest absolute Gasteiger partial charge is 0.243 e. The molecule has 4 rings (SSSR count). The van der Waals surface area contributed by atoms with E-state index in [9.17, 15) is 17.6 Å². The average molecular weight is 412 g/mol. The summed E-state index contributed by atoms with van der Waals surface area (Å²) in [5, 5.41) is 4.58. The molecule has 0 radical (unpaired) electrons. The van der Waals surface area contributed by atoms with Crippen LogP contribution in [0.25, 0.3) is 10.8 Å². The van der Waals surface area contributed by atoms with E-state index in [1.807, 2.05) is 24.3 Å². The molecule has 1 amide bonds. The van der Waals surface area contributed by atoms with Crippen LogP contribution >= 0.6 is 0 Å². The monoisotopic (exact) mass is 412 g/mol. The second-order valence-corrected chi connectivity index (χ2v) is 9.15. The van der Waals surface area contributed by atoms with Crippen LogP contribution in [0, 0.1) is 11.7 Å². The molecule has 1 N–H and O–H groups in total. The molecule has 3 aromatic carbocycles. The van der Waals surface area contributed by atoms with Crippen LogP contribution in [0.5, 0.6) is 0 Å². The molecule has 1 heterocycles. The number of hydrogen-bond donors (Lipinski definition) is 1. The van der Waals surface area contributed by atoms with Crippen molar-refractivity contribution in [3.63, 3.8) is 0 Å². The van der Waals surface area contributed by atoms with Crippen LogP contribution in [0.4, 0.5) is 10.1 Å². The Labute approximate surface area is 169 Å². The highest BCUT2D eigenvalue weighted by Gasteiger charge is 2.33. The number of piperidine rings is 1. The van der Waals surface area contributed by atoms with E-state index in [1.54, 1.807) is 18.2 Å². The third kappa shape index (κ3) is 4.16. The first-order valence-electron chi connectivity index (χ1n) is 9.49. The van der Waals surface area contributed by atoms with E-state index in [1.165, 1.54) is 28.6 Å². The van der Waals surface area contributed by atoms with Gasteiger partial charge in [-0.05, 0) is 60.0 Å². The summed E-state index contributed by atoms with van der Waals surface area (Å²) in [7, 11) is -3.69. The second-order valence-electron chi connectivity index (χ2n) is 7.21. The Bertz CT molecular complexity index is 1150. The van der Waals surface area contributed by atoms with Gasteiger partial charge in [0.25, 0.3) is 0 Å². The number of nitrogens with one attached hydrogen (secondary N) is 1. The molecular formula is C22H21FN2O3S. The molecule has 29 heavy (non-hydrogen) atoms. The van der Waals surface area contributed by atoms with Gasteiger partial charge in [0, 0.05) is 18.8 Å². The van der Waals surface area contributed by atoms with Crippen molar-refractivity contribution in [2.24, 2.45) is 5.92 Å². The summed E-state index contributed by atoms with van der Waals surface area (Å²) in [4.78, 5) is 12.8. The highest BCUT2D eigenvalue weighted by atomic mass is 32.2. The van der Waals surface area contributed by atoms with E-state index >= 15 is 0 Å². The summed E-state index contributed by atoms with van der Waals surface area (Å²) < 4.78 is 40.7. The van der Waals surface area contributed by atoms with Crippen LogP contribution < -0.4 is 5.32 Å². The molecular weight excluding hydrogens is 391 g/mol. The summed E-state index contributed by atoms with van der Waals surface area (Å²) >= 11 is 0. The van der Waals surface area contributed by atoms with E-state index in [-0.39, 0.29) is 23.2 Å². The average Bonchev–Trinajstić information content (AvgIpc) is 2.75. The Hall–Kier alpha value is -2.77. The third-order valence-electron chi connectivity index (χ3n) is 5.23. The Morgan fingerprint density at radius 1 is 1.00 bits per heavy atom. The van der Waals surface area contributed by atoms with Crippen molar-refractivity contribution in [2.75, 3.05) is 18.4 Å². The van der Waals surface area contributed by atoms with Gasteiger partial charge in [-0.2, -0.15) is 4.31 Å². The topological polar surface area (TPSA) is 66.5 Å². The standard InChI is InChI=1S/C22H21FN2O3S/c23-19-8-10-20(11-9-19)24-22(26)18-6-3-13-25(15-18)29(27,28)21-12-7-16-4-1-2-5-17(16)14-21/h1-2,4-5,7-12,14,18H,3,6,13,15H2,(H,24,26)/t18-/m1/s1. The Morgan fingerprint density at radius 3 is 2.48 bits per heavy atom. The fourth-order valence-corrected chi connectivity index (χ4v) is 5.19. The van der Waals surface area contributed by atoms with Gasteiger partial charge >= 0.3 is 0 Å². The maximum Gasteiger partial charge on any atom is 0.243 e. The molecule has 1 fully saturated rings. The quantitative estimate of drug-likeness (QED) is 0.704. The van der Waals surface area contributed by atoms with Gasteiger partial charge in [-0.3, -0.25) is 4.79 Å². The van der Waals surface area contributed by atoms with Gasteiger partial charge in [-0.1, -0.05) is 30.3 Å². The minimum Gasteiger partial charge on any atom is -0.326 e. The Kier molecular flexibility index (Phi) is 5.34. The molecule has 1 aliphatic rings. The number of carbonyl (C=O) groups is 1. The van der Waals surface area contributed by atoms with E-state index in [2.05, 4.69) is 5.32 Å². The van der Waals surface area contributed by atoms with Gasteiger partial charge < -0.3 is 5.32 Å². The summed E-state index contributed by atoms with van der Waals surface area (Å²) in [5.74, 6) is -1.09. The van der Waals surface area contributed by atoms with Crippen molar-refractivity contribution >= 4 is 32.4 Å². The van der Waals surface area contributed by atoms with Crippen LogP contribution in [0.3, 0.4) is 0 Å². The molecule has 1 saturated heterocycles. The van der Waals surface area contributed by atoms with Crippen molar-refractivity contribution in [2.45, 2.75) is 17.7 Å². The van der Waals surface area contributed by atoms with E-state index in [4.69, 9.17) is 0 Å². The largest absolute Gasteiger partial charge is 0.326 e. The number of rotatable bonds is 4. The predicted molar refractivity (Wildman–Crippen MR) is 110 cm³/mol. The highest BCUT2D eigenvalue weighted by Crippen LogP contribution is 2.27. The van der Waals surface area contributed by atoms with Gasteiger partial charge in [-0.15, -0.1) is 0 Å². The molecule has 1 aliphatic heterocycles. The molecule has 0 saturated carbocycles. The molecule has 0 bridgehead atoms. The molecule has 0 aromatic heterocycles. The number of anilines is 1. The van der Waals surface area contributed by atoms with Crippen LogP contribution in [0.1, 0.15) is 12.8 Å². The van der Waals surface area contributed by atoms with E-state index in [0.717, 1.165) is 10.8 Å². The minimum atomic E-state index is -3.69. The summed E-state index contributed by atoms with van der Waals surface area (Å²) in [6.45, 7) is 0.512. The van der Waals surface area contributed by atoms with Crippen LogP contribution in [0.15, 0.2) is 71.6 Å². The number of hydrogen-bond acceptors (Lipinski definition) is 3. The van der Waals surface area contributed by atoms with Gasteiger partial charge in [0.1, 0.15) is 5.82 Å². The normalized spacial score (nSPS) is 17.9. The van der Waals surface area contributed by atoms with Crippen LogP contribution in [-0.2, 0) is 14.8 Å².